The molecule has 2 N–H and O–H groups in total. The summed E-state index contributed by atoms with van der Waals surface area (Å²) in [7, 11) is -3.01. The van der Waals surface area contributed by atoms with Gasteiger partial charge in [0.1, 0.15) is 0 Å². The summed E-state index contributed by atoms with van der Waals surface area (Å²) < 4.78 is 22.9. The molecule has 1 aromatic rings. The molecule has 0 radical (unpaired) electrons. The number of hydrogen-bond donors (Lipinski definition) is 2. The van der Waals surface area contributed by atoms with E-state index >= 15 is 0 Å². The van der Waals surface area contributed by atoms with Crippen molar-refractivity contribution in [2.24, 2.45) is 0 Å². The minimum atomic E-state index is -3.01. The van der Waals surface area contributed by atoms with E-state index in [4.69, 9.17) is 5.11 Å². The predicted octanol–water partition coefficient (Wildman–Crippen LogP) is 0.164. The van der Waals surface area contributed by atoms with E-state index in [1.807, 2.05) is 0 Å². The molecule has 0 aromatic carbocycles. The maximum Gasteiger partial charge on any atom is 0.354 e. The van der Waals surface area contributed by atoms with Gasteiger partial charge in [-0.2, -0.15) is 0 Å². The van der Waals surface area contributed by atoms with Gasteiger partial charge < -0.3 is 10.4 Å². The fraction of sp³-hybridized carbons (Fsp3) is 0.500. The quantitative estimate of drug-likeness (QED) is 0.806. The van der Waals surface area contributed by atoms with E-state index in [1.165, 1.54) is 12.3 Å². The lowest BCUT2D eigenvalue weighted by atomic mass is 10.2. The third kappa shape index (κ3) is 3.16. The van der Waals surface area contributed by atoms with Gasteiger partial charge in [-0.25, -0.2) is 23.2 Å². The maximum atomic E-state index is 11.5. The summed E-state index contributed by atoms with van der Waals surface area (Å²) in [6, 6.07) is 1.03. The highest BCUT2D eigenvalue weighted by Gasteiger charge is 2.25. The molecular weight excluding hydrogens is 258 g/mol. The zero-order chi connectivity index (χ0) is 13.2. The van der Waals surface area contributed by atoms with Crippen molar-refractivity contribution in [3.8, 4) is 0 Å². The first-order valence-electron chi connectivity index (χ1n) is 5.49. The van der Waals surface area contributed by atoms with Crippen molar-refractivity contribution in [2.75, 3.05) is 16.8 Å². The minimum Gasteiger partial charge on any atom is -0.477 e. The lowest BCUT2D eigenvalue weighted by Crippen LogP contribution is -2.35. The van der Waals surface area contributed by atoms with Crippen molar-refractivity contribution in [2.45, 2.75) is 18.9 Å². The Kier molecular flexibility index (Phi) is 3.46. The third-order valence-corrected chi connectivity index (χ3v) is 4.49. The second-order valence-electron chi connectivity index (χ2n) is 4.17. The minimum absolute atomic E-state index is 0.0354. The standard InChI is InChI=1S/C10H13N3O4S/c14-9(15)8-3-4-11-10(13-8)12-7-2-1-5-18(16,17)6-7/h3-4,7H,1-2,5-6H2,(H,14,15)(H,11,12,13). The van der Waals surface area contributed by atoms with E-state index in [1.54, 1.807) is 0 Å². The first kappa shape index (κ1) is 12.7. The summed E-state index contributed by atoms with van der Waals surface area (Å²) in [6.45, 7) is 0. The van der Waals surface area contributed by atoms with Gasteiger partial charge in [0.15, 0.2) is 15.5 Å². The van der Waals surface area contributed by atoms with Crippen molar-refractivity contribution in [1.29, 1.82) is 0 Å². The number of nitrogens with zero attached hydrogens (tertiary/aromatic N) is 2. The number of aromatic carboxylic acids is 1. The van der Waals surface area contributed by atoms with E-state index < -0.39 is 15.8 Å². The Bertz CT molecular complexity index is 558. The van der Waals surface area contributed by atoms with Crippen LogP contribution in [0.3, 0.4) is 0 Å². The van der Waals surface area contributed by atoms with Gasteiger partial charge in [0, 0.05) is 12.2 Å². The van der Waals surface area contributed by atoms with Gasteiger partial charge in [-0.15, -0.1) is 0 Å². The SMILES string of the molecule is O=C(O)c1ccnc(NC2CCCS(=O)(=O)C2)n1. The Balaban J connectivity index is 2.09. The molecule has 7 nitrogen and oxygen atoms in total. The highest BCUT2D eigenvalue weighted by atomic mass is 32.2. The molecule has 2 rings (SSSR count). The van der Waals surface area contributed by atoms with Gasteiger partial charge in [-0.05, 0) is 18.9 Å². The molecule has 0 amide bonds. The van der Waals surface area contributed by atoms with Gasteiger partial charge in [-0.3, -0.25) is 0 Å². The monoisotopic (exact) mass is 271 g/mol. The Morgan fingerprint density at radius 1 is 1.50 bits per heavy atom. The summed E-state index contributed by atoms with van der Waals surface area (Å²) in [4.78, 5) is 18.4. The number of carboxylic acid groups (broad SMARTS) is 1. The largest absolute Gasteiger partial charge is 0.477 e. The zero-order valence-electron chi connectivity index (χ0n) is 9.54. The smallest absolute Gasteiger partial charge is 0.354 e. The molecule has 1 aromatic heterocycles. The van der Waals surface area contributed by atoms with E-state index in [9.17, 15) is 13.2 Å². The highest BCUT2D eigenvalue weighted by Crippen LogP contribution is 2.15. The number of rotatable bonds is 3. The second-order valence-corrected chi connectivity index (χ2v) is 6.40. The highest BCUT2D eigenvalue weighted by molar-refractivity contribution is 7.91. The molecule has 2 heterocycles. The number of hydrogen-bond acceptors (Lipinski definition) is 6. The molecule has 0 saturated carbocycles. The topological polar surface area (TPSA) is 109 Å². The molecule has 98 valence electrons. The molecule has 0 bridgehead atoms. The summed E-state index contributed by atoms with van der Waals surface area (Å²) in [5.41, 5.74) is -0.119. The lowest BCUT2D eigenvalue weighted by molar-refractivity contribution is 0.0690. The van der Waals surface area contributed by atoms with E-state index in [0.29, 0.717) is 12.8 Å². The number of aromatic nitrogens is 2. The Morgan fingerprint density at radius 2 is 2.28 bits per heavy atom. The van der Waals surface area contributed by atoms with Crippen molar-refractivity contribution < 1.29 is 18.3 Å². The zero-order valence-corrected chi connectivity index (χ0v) is 10.4. The Labute approximate surface area is 104 Å². The maximum absolute atomic E-state index is 11.5. The summed E-state index contributed by atoms with van der Waals surface area (Å²) >= 11 is 0. The third-order valence-electron chi connectivity index (χ3n) is 2.67. The lowest BCUT2D eigenvalue weighted by Gasteiger charge is -2.22. The van der Waals surface area contributed by atoms with Crippen molar-refractivity contribution in [1.82, 2.24) is 9.97 Å². The van der Waals surface area contributed by atoms with Crippen LogP contribution in [0.2, 0.25) is 0 Å². The molecule has 0 aliphatic carbocycles. The second kappa shape index (κ2) is 4.89. The summed E-state index contributed by atoms with van der Waals surface area (Å²) in [6.07, 6.45) is 2.63. The van der Waals surface area contributed by atoms with E-state index in [2.05, 4.69) is 15.3 Å². The number of carbonyl (C=O) groups is 1. The molecule has 18 heavy (non-hydrogen) atoms. The first-order chi connectivity index (χ1) is 8.46. The fourth-order valence-electron chi connectivity index (χ4n) is 1.87. The van der Waals surface area contributed by atoms with Gasteiger partial charge >= 0.3 is 5.97 Å². The molecular formula is C10H13N3O4S. The van der Waals surface area contributed by atoms with Crippen LogP contribution in [0.15, 0.2) is 12.3 Å². The van der Waals surface area contributed by atoms with Crippen LogP contribution in [-0.4, -0.2) is 47.0 Å². The van der Waals surface area contributed by atoms with Crippen molar-refractivity contribution in [3.05, 3.63) is 18.0 Å². The van der Waals surface area contributed by atoms with Gasteiger partial charge in [-0.1, -0.05) is 0 Å². The van der Waals surface area contributed by atoms with Gasteiger partial charge in [0.2, 0.25) is 5.95 Å². The van der Waals surface area contributed by atoms with Crippen LogP contribution in [0.1, 0.15) is 23.3 Å². The van der Waals surface area contributed by atoms with Gasteiger partial charge in [0.05, 0.1) is 11.5 Å². The molecule has 1 saturated heterocycles. The average molecular weight is 271 g/mol. The van der Waals surface area contributed by atoms with Crippen LogP contribution in [0.4, 0.5) is 5.95 Å². The van der Waals surface area contributed by atoms with Crippen LogP contribution in [0, 0.1) is 0 Å². The summed E-state index contributed by atoms with van der Waals surface area (Å²) in [5, 5.41) is 11.7. The van der Waals surface area contributed by atoms with Crippen LogP contribution in [-0.2, 0) is 9.84 Å². The summed E-state index contributed by atoms with van der Waals surface area (Å²) in [5.74, 6) is -0.747. The molecule has 1 unspecified atom stereocenters. The fourth-order valence-corrected chi connectivity index (χ4v) is 3.50. The molecule has 1 fully saturated rings. The van der Waals surface area contributed by atoms with Gasteiger partial charge in [0.25, 0.3) is 0 Å². The number of anilines is 1. The van der Waals surface area contributed by atoms with Crippen LogP contribution >= 0.6 is 0 Å². The average Bonchev–Trinajstić information content (AvgIpc) is 2.28. The van der Waals surface area contributed by atoms with E-state index in [-0.39, 0.29) is 29.2 Å². The van der Waals surface area contributed by atoms with Crippen molar-refractivity contribution >= 4 is 21.8 Å². The normalized spacial score (nSPS) is 22.3. The number of nitrogens with one attached hydrogen (secondary N) is 1. The number of carboxylic acids is 1. The molecule has 1 atom stereocenters. The Morgan fingerprint density at radius 3 is 2.94 bits per heavy atom. The van der Waals surface area contributed by atoms with E-state index in [0.717, 1.165) is 0 Å². The number of sulfone groups is 1. The predicted molar refractivity (Wildman–Crippen MR) is 64.3 cm³/mol. The molecule has 0 spiro atoms. The van der Waals surface area contributed by atoms with Crippen LogP contribution < -0.4 is 5.32 Å². The molecule has 1 aliphatic rings. The van der Waals surface area contributed by atoms with Crippen LogP contribution in [0.5, 0.6) is 0 Å². The first-order valence-corrected chi connectivity index (χ1v) is 7.32. The molecule has 8 heteroatoms. The molecule has 1 aliphatic heterocycles. The van der Waals surface area contributed by atoms with Crippen LogP contribution in [0.25, 0.3) is 0 Å². The Hall–Kier alpha value is -1.70. The van der Waals surface area contributed by atoms with Crippen molar-refractivity contribution in [3.63, 3.8) is 0 Å².